The standard InChI is InChI=1S/C26H30FN5O2/c1-31-12-14-32(15-13-31)16-17-34-25-10-9-23(26(27)30-25)21-7-5-20(6-8-21)18-24(33)29-19-22-4-2-3-11-28-22/h2-11H,12-19H2,1H3,(H,29,33). The van der Waals surface area contributed by atoms with Crippen LogP contribution >= 0.6 is 0 Å². The summed E-state index contributed by atoms with van der Waals surface area (Å²) in [6, 6.07) is 16.2. The molecule has 1 saturated heterocycles. The monoisotopic (exact) mass is 463 g/mol. The molecule has 0 unspecified atom stereocenters. The van der Waals surface area contributed by atoms with Crippen LogP contribution in [0.5, 0.6) is 5.88 Å². The fourth-order valence-corrected chi connectivity index (χ4v) is 3.81. The van der Waals surface area contributed by atoms with Crippen LogP contribution in [-0.2, 0) is 17.8 Å². The highest BCUT2D eigenvalue weighted by Crippen LogP contribution is 2.24. The van der Waals surface area contributed by atoms with Crippen molar-refractivity contribution in [3.8, 4) is 17.0 Å². The Balaban J connectivity index is 1.26. The zero-order valence-electron chi connectivity index (χ0n) is 19.4. The van der Waals surface area contributed by atoms with E-state index in [1.807, 2.05) is 30.3 Å². The Hall–Kier alpha value is -3.36. The molecule has 1 aliphatic heterocycles. The lowest BCUT2D eigenvalue weighted by Crippen LogP contribution is -2.45. The van der Waals surface area contributed by atoms with Crippen molar-refractivity contribution in [2.75, 3.05) is 46.4 Å². The van der Waals surface area contributed by atoms with Gasteiger partial charge in [0.15, 0.2) is 0 Å². The smallest absolute Gasteiger partial charge is 0.224 e. The number of aromatic nitrogens is 2. The highest BCUT2D eigenvalue weighted by Gasteiger charge is 2.14. The average Bonchev–Trinajstić information content (AvgIpc) is 2.85. The number of likely N-dealkylation sites (N-methyl/N-ethyl adjacent to an activating group) is 1. The molecule has 0 atom stereocenters. The SMILES string of the molecule is CN1CCN(CCOc2ccc(-c3ccc(CC(=O)NCc4ccccn4)cc3)c(F)n2)CC1. The van der Waals surface area contributed by atoms with Gasteiger partial charge in [0.05, 0.1) is 18.7 Å². The van der Waals surface area contributed by atoms with Gasteiger partial charge in [-0.1, -0.05) is 30.3 Å². The van der Waals surface area contributed by atoms with Crippen molar-refractivity contribution >= 4 is 5.91 Å². The van der Waals surface area contributed by atoms with Gasteiger partial charge in [-0.2, -0.15) is 9.37 Å². The molecule has 0 bridgehead atoms. The van der Waals surface area contributed by atoms with Gasteiger partial charge in [0.25, 0.3) is 0 Å². The maximum atomic E-state index is 14.7. The minimum Gasteiger partial charge on any atom is -0.476 e. The fourth-order valence-electron chi connectivity index (χ4n) is 3.81. The van der Waals surface area contributed by atoms with Crippen LogP contribution in [0.25, 0.3) is 11.1 Å². The lowest BCUT2D eigenvalue weighted by atomic mass is 10.0. The second kappa shape index (κ2) is 11.7. The van der Waals surface area contributed by atoms with Gasteiger partial charge in [-0.15, -0.1) is 0 Å². The first-order valence-corrected chi connectivity index (χ1v) is 11.5. The van der Waals surface area contributed by atoms with Gasteiger partial charge in [0.2, 0.25) is 17.7 Å². The molecule has 0 spiro atoms. The normalized spacial score (nSPS) is 14.6. The van der Waals surface area contributed by atoms with Gasteiger partial charge >= 0.3 is 0 Å². The molecule has 1 fully saturated rings. The molecule has 0 saturated carbocycles. The second-order valence-corrected chi connectivity index (χ2v) is 8.45. The van der Waals surface area contributed by atoms with Gasteiger partial charge in [0, 0.05) is 50.6 Å². The van der Waals surface area contributed by atoms with Crippen molar-refractivity contribution in [1.29, 1.82) is 0 Å². The molecule has 3 aromatic rings. The Bertz CT molecular complexity index is 1070. The predicted octanol–water partition coefficient (Wildman–Crippen LogP) is 2.77. The number of carbonyl (C=O) groups excluding carboxylic acids is 1. The van der Waals surface area contributed by atoms with Gasteiger partial charge in [-0.25, -0.2) is 0 Å². The van der Waals surface area contributed by atoms with E-state index in [9.17, 15) is 9.18 Å². The summed E-state index contributed by atoms with van der Waals surface area (Å²) in [5.74, 6) is -0.376. The predicted molar refractivity (Wildman–Crippen MR) is 129 cm³/mol. The van der Waals surface area contributed by atoms with Crippen molar-refractivity contribution in [2.24, 2.45) is 0 Å². The van der Waals surface area contributed by atoms with Gasteiger partial charge < -0.3 is 15.0 Å². The molecule has 1 aromatic carbocycles. The number of halogens is 1. The minimum atomic E-state index is -0.571. The summed E-state index contributed by atoms with van der Waals surface area (Å²) in [6.07, 6.45) is 1.94. The number of hydrogen-bond acceptors (Lipinski definition) is 6. The Kier molecular flexibility index (Phi) is 8.17. The molecular formula is C26H30FN5O2. The number of amides is 1. The molecule has 178 valence electrons. The number of benzene rings is 1. The highest BCUT2D eigenvalue weighted by atomic mass is 19.1. The molecule has 0 radical (unpaired) electrons. The van der Waals surface area contributed by atoms with Crippen LogP contribution in [0.2, 0.25) is 0 Å². The van der Waals surface area contributed by atoms with E-state index in [-0.39, 0.29) is 18.2 Å². The van der Waals surface area contributed by atoms with Crippen molar-refractivity contribution in [1.82, 2.24) is 25.1 Å². The zero-order valence-corrected chi connectivity index (χ0v) is 19.4. The third kappa shape index (κ3) is 6.82. The lowest BCUT2D eigenvalue weighted by Gasteiger charge is -2.32. The summed E-state index contributed by atoms with van der Waals surface area (Å²) < 4.78 is 20.3. The van der Waals surface area contributed by atoms with E-state index in [1.54, 1.807) is 30.5 Å². The Morgan fingerprint density at radius 3 is 2.56 bits per heavy atom. The van der Waals surface area contributed by atoms with Crippen LogP contribution in [0, 0.1) is 5.95 Å². The Labute approximate surface area is 199 Å². The zero-order chi connectivity index (χ0) is 23.8. The first-order valence-electron chi connectivity index (χ1n) is 11.5. The number of nitrogens with one attached hydrogen (secondary N) is 1. The topological polar surface area (TPSA) is 70.6 Å². The van der Waals surface area contributed by atoms with E-state index in [4.69, 9.17) is 4.74 Å². The van der Waals surface area contributed by atoms with Crippen LogP contribution < -0.4 is 10.1 Å². The number of rotatable bonds is 9. The van der Waals surface area contributed by atoms with Crippen molar-refractivity contribution in [3.63, 3.8) is 0 Å². The number of nitrogens with zero attached hydrogens (tertiary/aromatic N) is 4. The van der Waals surface area contributed by atoms with E-state index in [0.717, 1.165) is 44.0 Å². The van der Waals surface area contributed by atoms with Crippen LogP contribution in [0.15, 0.2) is 60.8 Å². The first-order chi connectivity index (χ1) is 16.6. The molecule has 0 aliphatic carbocycles. The fraction of sp³-hybridized carbons (Fsp3) is 0.346. The van der Waals surface area contributed by atoms with Gasteiger partial charge in [0.1, 0.15) is 6.61 Å². The molecule has 7 nitrogen and oxygen atoms in total. The summed E-state index contributed by atoms with van der Waals surface area (Å²) in [5, 5.41) is 2.86. The minimum absolute atomic E-state index is 0.0932. The van der Waals surface area contributed by atoms with E-state index >= 15 is 0 Å². The lowest BCUT2D eigenvalue weighted by molar-refractivity contribution is -0.120. The maximum absolute atomic E-state index is 14.7. The third-order valence-electron chi connectivity index (χ3n) is 5.90. The largest absolute Gasteiger partial charge is 0.476 e. The van der Waals surface area contributed by atoms with Crippen LogP contribution in [0.3, 0.4) is 0 Å². The summed E-state index contributed by atoms with van der Waals surface area (Å²) >= 11 is 0. The quantitative estimate of drug-likeness (QED) is 0.492. The molecule has 4 rings (SSSR count). The molecule has 34 heavy (non-hydrogen) atoms. The summed E-state index contributed by atoms with van der Waals surface area (Å²) in [4.78, 5) is 25.0. The number of ether oxygens (including phenoxy) is 1. The molecule has 1 amide bonds. The van der Waals surface area contributed by atoms with E-state index in [2.05, 4.69) is 32.1 Å². The van der Waals surface area contributed by atoms with Gasteiger partial charge in [-0.05, 0) is 36.4 Å². The molecule has 3 heterocycles. The van der Waals surface area contributed by atoms with E-state index < -0.39 is 5.95 Å². The molecule has 2 aromatic heterocycles. The van der Waals surface area contributed by atoms with E-state index in [1.165, 1.54) is 0 Å². The summed E-state index contributed by atoms with van der Waals surface area (Å²) in [5.41, 5.74) is 2.75. The third-order valence-corrected chi connectivity index (χ3v) is 5.90. The molecular weight excluding hydrogens is 433 g/mol. The molecule has 1 aliphatic rings. The average molecular weight is 464 g/mol. The number of carbonyl (C=O) groups is 1. The van der Waals surface area contributed by atoms with Crippen molar-refractivity contribution in [2.45, 2.75) is 13.0 Å². The van der Waals surface area contributed by atoms with E-state index in [0.29, 0.717) is 24.3 Å². The summed E-state index contributed by atoms with van der Waals surface area (Å²) in [6.45, 7) is 5.80. The molecule has 1 N–H and O–H groups in total. The van der Waals surface area contributed by atoms with Crippen molar-refractivity contribution < 1.29 is 13.9 Å². The van der Waals surface area contributed by atoms with Crippen molar-refractivity contribution in [3.05, 3.63) is 78.0 Å². The van der Waals surface area contributed by atoms with Crippen LogP contribution in [-0.4, -0.2) is 72.1 Å². The van der Waals surface area contributed by atoms with Crippen LogP contribution in [0.1, 0.15) is 11.3 Å². The van der Waals surface area contributed by atoms with Crippen LogP contribution in [0.4, 0.5) is 4.39 Å². The maximum Gasteiger partial charge on any atom is 0.224 e. The summed E-state index contributed by atoms with van der Waals surface area (Å²) in [7, 11) is 2.12. The van der Waals surface area contributed by atoms with Gasteiger partial charge in [-0.3, -0.25) is 14.7 Å². The Morgan fingerprint density at radius 2 is 1.85 bits per heavy atom. The number of hydrogen-bond donors (Lipinski definition) is 1. The Morgan fingerprint density at radius 1 is 1.06 bits per heavy atom. The first kappa shape index (κ1) is 23.8. The highest BCUT2D eigenvalue weighted by molar-refractivity contribution is 5.78. The molecule has 8 heteroatoms. The number of piperazine rings is 1. The second-order valence-electron chi connectivity index (χ2n) is 8.45. The number of pyridine rings is 2.